The minimum absolute atomic E-state index is 0.0976. The van der Waals surface area contributed by atoms with Gasteiger partial charge < -0.3 is 19.0 Å². The summed E-state index contributed by atoms with van der Waals surface area (Å²) in [6.45, 7) is 11.8. The number of hydrogen-bond donors (Lipinski definition) is 2. The minimum atomic E-state index is -1.92. The molecule has 2 N–H and O–H groups in total. The molecular weight excluding hydrogens is 426 g/mol. The first-order valence-electron chi connectivity index (χ1n) is 10.7. The number of ether oxygens (including phenoxy) is 2. The summed E-state index contributed by atoms with van der Waals surface area (Å²) < 4.78 is 17.9. The Morgan fingerprint density at radius 1 is 1.16 bits per heavy atom. The molecule has 0 aliphatic carbocycles. The number of rotatable bonds is 4. The lowest BCUT2D eigenvalue weighted by Crippen LogP contribution is -2.40. The summed E-state index contributed by atoms with van der Waals surface area (Å²) in [5, 5.41) is 11.4. The highest BCUT2D eigenvalue weighted by Crippen LogP contribution is 2.38. The van der Waals surface area contributed by atoms with Crippen LogP contribution in [0.25, 0.3) is 0 Å². The van der Waals surface area contributed by atoms with Gasteiger partial charge in [0.25, 0.3) is 0 Å². The maximum Gasteiger partial charge on any atom is 0.409 e. The van der Waals surface area contributed by atoms with Gasteiger partial charge in [0, 0.05) is 5.69 Å². The van der Waals surface area contributed by atoms with Crippen LogP contribution in [0.3, 0.4) is 0 Å². The number of benzene rings is 2. The van der Waals surface area contributed by atoms with Crippen molar-refractivity contribution in [2.45, 2.75) is 58.4 Å². The number of aryl methyl sites for hydroxylation is 1. The number of carbonyl (C=O) groups is 2. The van der Waals surface area contributed by atoms with Crippen LogP contribution in [0.15, 0.2) is 36.4 Å². The molecule has 3 rings (SSSR count). The Morgan fingerprint density at radius 3 is 2.59 bits per heavy atom. The molecular formula is C24H31NO6Si. The third kappa shape index (κ3) is 5.69. The van der Waals surface area contributed by atoms with E-state index < -0.39 is 20.4 Å². The van der Waals surface area contributed by atoms with Gasteiger partial charge in [-0.15, -0.1) is 0 Å². The molecule has 1 aliphatic rings. The Labute approximate surface area is 189 Å². The van der Waals surface area contributed by atoms with Gasteiger partial charge in [-0.3, -0.25) is 5.32 Å². The van der Waals surface area contributed by atoms with Crippen LogP contribution in [-0.2, 0) is 17.5 Å². The number of anilines is 1. The van der Waals surface area contributed by atoms with Crippen molar-refractivity contribution in [1.82, 2.24) is 0 Å². The largest absolute Gasteiger partial charge is 0.490 e. The van der Waals surface area contributed by atoms with E-state index >= 15 is 0 Å². The van der Waals surface area contributed by atoms with Gasteiger partial charge in [-0.25, -0.2) is 9.59 Å². The summed E-state index contributed by atoms with van der Waals surface area (Å²) in [4.78, 5) is 23.9. The Morgan fingerprint density at radius 2 is 1.91 bits per heavy atom. The van der Waals surface area contributed by atoms with Crippen LogP contribution in [0.1, 0.15) is 48.7 Å². The molecule has 0 aromatic heterocycles. The lowest BCUT2D eigenvalue weighted by Gasteiger charge is -2.36. The first kappa shape index (κ1) is 23.8. The summed E-state index contributed by atoms with van der Waals surface area (Å²) in [6.07, 6.45) is 0.0805. The standard InChI is InChI=1S/C24H31NO6Si/c1-24(2,3)32(4,5)30-15-16-8-11-20-21(13-16)31-22(26)19-10-9-18(25-23(27)28)14-17(19)7-6-12-29-20/h8-11,13-14,25H,6-7,12,15H2,1-5H3,(H,27,28). The molecule has 2 aromatic carbocycles. The molecule has 32 heavy (non-hydrogen) atoms. The highest BCUT2D eigenvalue weighted by molar-refractivity contribution is 6.74. The monoisotopic (exact) mass is 457 g/mol. The quantitative estimate of drug-likeness (QED) is 0.340. The third-order valence-corrected chi connectivity index (χ3v) is 10.5. The SMILES string of the molecule is CC(C)(C)[Si](C)(C)OCc1ccc2c(c1)OC(=O)c1ccc(NC(=O)O)cc1CCCO2. The van der Waals surface area contributed by atoms with Crippen molar-refractivity contribution in [2.75, 3.05) is 11.9 Å². The molecule has 0 radical (unpaired) electrons. The first-order valence-corrected chi connectivity index (χ1v) is 13.6. The molecule has 0 fully saturated rings. The van der Waals surface area contributed by atoms with Crippen molar-refractivity contribution in [1.29, 1.82) is 0 Å². The Balaban J connectivity index is 1.84. The summed E-state index contributed by atoms with van der Waals surface area (Å²) in [7, 11) is -1.92. The molecule has 1 aliphatic heterocycles. The second-order valence-corrected chi connectivity index (χ2v) is 14.3. The smallest absolute Gasteiger partial charge is 0.409 e. The van der Waals surface area contributed by atoms with Gasteiger partial charge in [0.2, 0.25) is 0 Å². The van der Waals surface area contributed by atoms with E-state index in [1.54, 1.807) is 24.3 Å². The van der Waals surface area contributed by atoms with E-state index in [1.807, 2.05) is 12.1 Å². The van der Waals surface area contributed by atoms with Gasteiger partial charge in [0.15, 0.2) is 19.8 Å². The van der Waals surface area contributed by atoms with E-state index in [9.17, 15) is 9.59 Å². The lowest BCUT2D eigenvalue weighted by atomic mass is 10.0. The minimum Gasteiger partial charge on any atom is -0.490 e. The summed E-state index contributed by atoms with van der Waals surface area (Å²) in [5.74, 6) is 0.366. The van der Waals surface area contributed by atoms with Gasteiger partial charge in [0.05, 0.1) is 18.8 Å². The second-order valence-electron chi connectivity index (χ2n) is 9.47. The van der Waals surface area contributed by atoms with Crippen molar-refractivity contribution in [3.8, 4) is 11.5 Å². The number of carbonyl (C=O) groups excluding carboxylic acids is 1. The van der Waals surface area contributed by atoms with Crippen molar-refractivity contribution in [3.63, 3.8) is 0 Å². The second kappa shape index (κ2) is 9.34. The van der Waals surface area contributed by atoms with Crippen LogP contribution in [-0.4, -0.2) is 32.1 Å². The molecule has 1 heterocycles. The zero-order valence-electron chi connectivity index (χ0n) is 19.3. The van der Waals surface area contributed by atoms with E-state index in [4.69, 9.17) is 19.0 Å². The van der Waals surface area contributed by atoms with Crippen LogP contribution in [0, 0.1) is 0 Å². The molecule has 0 saturated carbocycles. The van der Waals surface area contributed by atoms with Crippen molar-refractivity contribution < 1.29 is 28.6 Å². The molecule has 0 spiro atoms. The molecule has 0 unspecified atom stereocenters. The van der Waals surface area contributed by atoms with Gasteiger partial charge in [-0.05, 0) is 72.4 Å². The van der Waals surface area contributed by atoms with Crippen LogP contribution in [0.2, 0.25) is 18.1 Å². The van der Waals surface area contributed by atoms with Gasteiger partial charge in [-0.1, -0.05) is 26.8 Å². The average molecular weight is 458 g/mol. The number of amides is 1. The molecule has 7 nitrogen and oxygen atoms in total. The molecule has 8 heteroatoms. The van der Waals surface area contributed by atoms with Crippen molar-refractivity contribution >= 4 is 26.1 Å². The van der Waals surface area contributed by atoms with Crippen LogP contribution < -0.4 is 14.8 Å². The first-order chi connectivity index (χ1) is 15.0. The highest BCUT2D eigenvalue weighted by atomic mass is 28.4. The van der Waals surface area contributed by atoms with Crippen LogP contribution in [0.5, 0.6) is 11.5 Å². The normalized spacial score (nSPS) is 14.5. The molecule has 0 bridgehead atoms. The zero-order chi connectivity index (χ0) is 23.5. The predicted octanol–water partition coefficient (Wildman–Crippen LogP) is 5.84. The maximum absolute atomic E-state index is 12.9. The summed E-state index contributed by atoms with van der Waals surface area (Å²) in [5.41, 5.74) is 2.44. The fraction of sp³-hybridized carbons (Fsp3) is 0.417. The maximum atomic E-state index is 12.9. The molecule has 172 valence electrons. The molecule has 0 atom stereocenters. The van der Waals surface area contributed by atoms with Gasteiger partial charge in [0.1, 0.15) is 0 Å². The van der Waals surface area contributed by atoms with Crippen molar-refractivity contribution in [2.24, 2.45) is 0 Å². The Kier molecular flexibility index (Phi) is 6.95. The fourth-order valence-corrected chi connectivity index (χ4v) is 4.08. The van der Waals surface area contributed by atoms with E-state index in [0.717, 1.165) is 5.56 Å². The van der Waals surface area contributed by atoms with Crippen LogP contribution in [0.4, 0.5) is 10.5 Å². The fourth-order valence-electron chi connectivity index (χ4n) is 3.12. The van der Waals surface area contributed by atoms with E-state index in [-0.39, 0.29) is 5.04 Å². The van der Waals surface area contributed by atoms with E-state index in [1.165, 1.54) is 0 Å². The number of esters is 1. The molecule has 1 amide bonds. The summed E-state index contributed by atoms with van der Waals surface area (Å²) >= 11 is 0. The van der Waals surface area contributed by atoms with E-state index in [2.05, 4.69) is 39.2 Å². The van der Waals surface area contributed by atoms with E-state index in [0.29, 0.717) is 54.4 Å². The molecule has 0 saturated heterocycles. The summed E-state index contributed by atoms with van der Waals surface area (Å²) in [6, 6.07) is 10.4. The number of fused-ring (bicyclic) bond motifs is 2. The zero-order valence-corrected chi connectivity index (χ0v) is 20.3. The highest BCUT2D eigenvalue weighted by Gasteiger charge is 2.37. The van der Waals surface area contributed by atoms with Gasteiger partial charge >= 0.3 is 12.1 Å². The number of carboxylic acid groups (broad SMARTS) is 1. The predicted molar refractivity (Wildman–Crippen MR) is 125 cm³/mol. The Hall–Kier alpha value is -2.84. The molecule has 2 aromatic rings. The van der Waals surface area contributed by atoms with Crippen molar-refractivity contribution in [3.05, 3.63) is 53.1 Å². The number of nitrogens with one attached hydrogen (secondary N) is 1. The van der Waals surface area contributed by atoms with Crippen LogP contribution >= 0.6 is 0 Å². The third-order valence-electron chi connectivity index (χ3n) is 6.04. The number of hydrogen-bond acceptors (Lipinski definition) is 5. The Bertz CT molecular complexity index is 1010. The topological polar surface area (TPSA) is 94.1 Å². The van der Waals surface area contributed by atoms with Gasteiger partial charge in [-0.2, -0.15) is 0 Å². The lowest BCUT2D eigenvalue weighted by molar-refractivity contribution is 0.0724. The average Bonchev–Trinajstić information content (AvgIpc) is 2.69.